The highest BCUT2D eigenvalue weighted by Crippen LogP contribution is 2.63. The maximum absolute atomic E-state index is 10.2. The number of hydrogen-bond donors (Lipinski definition) is 0. The third-order valence-corrected chi connectivity index (χ3v) is 24.0. The van der Waals surface area contributed by atoms with Crippen molar-refractivity contribution in [2.45, 2.75) is 111 Å². The Labute approximate surface area is 671 Å². The van der Waals surface area contributed by atoms with E-state index in [4.69, 9.17) is 4.42 Å². The topological polar surface area (TPSA) is 34.4 Å². The van der Waals surface area contributed by atoms with E-state index in [9.17, 15) is 11.0 Å². The highest BCUT2D eigenvalue weighted by Gasteiger charge is 2.44. The molecular formula is C107H89N5O. The Bertz CT molecular complexity index is 7400. The number of para-hydroxylation sites is 6. The number of hydrogen-bond acceptors (Lipinski definition) is 3. The van der Waals surface area contributed by atoms with Gasteiger partial charge in [0.2, 0.25) is 0 Å². The summed E-state index contributed by atoms with van der Waals surface area (Å²) in [6.07, 6.45) is 0. The van der Waals surface area contributed by atoms with Gasteiger partial charge in [0, 0.05) is 65.9 Å². The fourth-order valence-electron chi connectivity index (χ4n) is 18.2. The number of fused-ring (bicyclic) bond motifs is 16. The number of aromatic nitrogens is 3. The average Bonchev–Trinajstić information content (AvgIpc) is 1.62. The van der Waals surface area contributed by atoms with Crippen LogP contribution in [0.5, 0.6) is 0 Å². The van der Waals surface area contributed by atoms with Gasteiger partial charge in [-0.25, -0.2) is 0 Å². The van der Waals surface area contributed by atoms with Gasteiger partial charge in [0.05, 0.1) is 83.9 Å². The van der Waals surface area contributed by atoms with Crippen molar-refractivity contribution < 1.29 is 15.4 Å². The SMILES string of the molecule is [2H]c1c([2H])c([2H])c2c(c1[2H])c1c([2H])c([2H])c([2H])c([2H])c1n2-c1cc2c3c(c1)N(c1cccc4c1oc1c(-n5c6ccccc6c6ccccc65)cccc14)c1cc(-n4c5ccc(C(C)(C)C)cc5c5cc(C(C)(C)C)ccc54)ccc1C3c1ccc(-c3cc(C(C)(C)C)cc(C(C)(C)C)c3)cc1N2c1cc(-c2ccccc2)cc(-c2ccccc2)c1. The molecule has 2 aliphatic rings. The third-order valence-electron chi connectivity index (χ3n) is 24.0. The van der Waals surface area contributed by atoms with Crippen molar-refractivity contribution in [3.05, 3.63) is 354 Å². The molecule has 0 aliphatic carbocycles. The smallest absolute Gasteiger partial charge is 0.159 e. The molecule has 1 atom stereocenters. The lowest BCUT2D eigenvalue weighted by atomic mass is 9.74. The molecule has 0 N–H and O–H groups in total. The summed E-state index contributed by atoms with van der Waals surface area (Å²) in [6, 6.07) is 93.1. The minimum atomic E-state index is -0.539. The van der Waals surface area contributed by atoms with Crippen LogP contribution in [-0.2, 0) is 21.7 Å². The second-order valence-corrected chi connectivity index (χ2v) is 35.2. The monoisotopic (exact) mass is 1470 g/mol. The van der Waals surface area contributed by atoms with Gasteiger partial charge in [-0.1, -0.05) is 289 Å². The van der Waals surface area contributed by atoms with Crippen molar-refractivity contribution in [1.82, 2.24) is 13.7 Å². The Morgan fingerprint density at radius 1 is 0.257 bits per heavy atom. The number of anilines is 6. The molecule has 0 amide bonds. The van der Waals surface area contributed by atoms with E-state index in [0.29, 0.717) is 28.2 Å². The summed E-state index contributed by atoms with van der Waals surface area (Å²) in [6.45, 7) is 27.3. The lowest BCUT2D eigenvalue weighted by Crippen LogP contribution is -2.30. The molecule has 2 aliphatic heterocycles. The van der Waals surface area contributed by atoms with E-state index in [1.165, 1.54) is 22.3 Å². The van der Waals surface area contributed by atoms with Gasteiger partial charge in [-0.15, -0.1) is 0 Å². The minimum absolute atomic E-state index is 0.00480. The summed E-state index contributed by atoms with van der Waals surface area (Å²) in [7, 11) is 0. The number of nitrogens with zero attached hydrogens (tertiary/aromatic N) is 5. The predicted molar refractivity (Wildman–Crippen MR) is 478 cm³/mol. The molecule has 113 heavy (non-hydrogen) atoms. The third kappa shape index (κ3) is 10.7. The lowest BCUT2D eigenvalue weighted by molar-refractivity contribution is 0.569. The quantitative estimate of drug-likeness (QED) is 0.152. The molecule has 21 rings (SSSR count). The maximum Gasteiger partial charge on any atom is 0.159 e. The summed E-state index contributed by atoms with van der Waals surface area (Å²) in [4.78, 5) is 4.74. The Kier molecular flexibility index (Phi) is 13.1. The maximum atomic E-state index is 10.2. The fourth-order valence-corrected chi connectivity index (χ4v) is 18.2. The van der Waals surface area contributed by atoms with Crippen LogP contribution in [0.4, 0.5) is 34.1 Å². The molecule has 0 saturated heterocycles. The first-order valence-electron chi connectivity index (χ1n) is 43.4. The molecule has 6 heteroatoms. The molecule has 0 spiro atoms. The van der Waals surface area contributed by atoms with Crippen LogP contribution in [0.1, 0.15) is 139 Å². The van der Waals surface area contributed by atoms with Crippen LogP contribution < -0.4 is 9.80 Å². The van der Waals surface area contributed by atoms with Crippen LogP contribution in [0, 0.1) is 0 Å². The normalized spacial score (nSPS) is 14.9. The Balaban J connectivity index is 0.951. The summed E-state index contributed by atoms with van der Waals surface area (Å²) >= 11 is 0. The summed E-state index contributed by atoms with van der Waals surface area (Å²) < 4.78 is 92.3. The van der Waals surface area contributed by atoms with Gasteiger partial charge >= 0.3 is 0 Å². The Morgan fingerprint density at radius 3 is 1.25 bits per heavy atom. The van der Waals surface area contributed by atoms with Crippen molar-refractivity contribution in [3.63, 3.8) is 0 Å². The zero-order valence-electron chi connectivity index (χ0n) is 73.6. The average molecular weight is 1470 g/mol. The fraction of sp³-hybridized carbons (Fsp3) is 0.159. The van der Waals surface area contributed by atoms with Crippen LogP contribution >= 0.6 is 0 Å². The van der Waals surface area contributed by atoms with E-state index in [1.54, 1.807) is 4.57 Å². The van der Waals surface area contributed by atoms with Crippen molar-refractivity contribution in [3.8, 4) is 50.4 Å². The van der Waals surface area contributed by atoms with Gasteiger partial charge in [-0.05, 0) is 198 Å². The van der Waals surface area contributed by atoms with E-state index in [0.717, 1.165) is 139 Å². The standard InChI is InChI=1S/C107H89N5O/c1-104(2,3)71-46-51-92-86(60-71)87-61-72(105(4,5)6)47-52-93(87)108(92)75-48-50-85-97(62-75)112(95-44-28-38-83-82-37-27-43-94(102(82)113-103(83)95)111-90-41-25-21-35-80(90)81-36-22-26-42-91(81)111)99-64-77(109-88-39-23-19-33-78(88)79-34-20-24-40-89(79)109)63-98-101(99)100(85)84-49-45-67(70-54-73(106(7,8)9)59-74(55-70)107(10,11)12)58-96(84)110(98)76-56-68(65-29-15-13-16-30-65)53-69(57-76)66-31-17-14-18-32-66/h13-64,100H,1-12H3/i19D,20D,23D,24D,33D,34D,39D,40D. The largest absolute Gasteiger partial charge is 0.452 e. The molecule has 6 nitrogen and oxygen atoms in total. The minimum Gasteiger partial charge on any atom is -0.452 e. The summed E-state index contributed by atoms with van der Waals surface area (Å²) in [5, 5.41) is 6.26. The first kappa shape index (κ1) is 59.9. The van der Waals surface area contributed by atoms with Gasteiger partial charge in [-0.2, -0.15) is 0 Å². The first-order chi connectivity index (χ1) is 57.9. The van der Waals surface area contributed by atoms with Crippen LogP contribution in [-0.4, -0.2) is 13.7 Å². The lowest BCUT2D eigenvalue weighted by Gasteiger charge is -2.45. The highest BCUT2D eigenvalue weighted by molar-refractivity contribution is 6.17. The highest BCUT2D eigenvalue weighted by atomic mass is 16.3. The van der Waals surface area contributed by atoms with E-state index in [1.807, 2.05) is 12.1 Å². The second kappa shape index (κ2) is 24.8. The van der Waals surface area contributed by atoms with Gasteiger partial charge in [0.1, 0.15) is 0 Å². The second-order valence-electron chi connectivity index (χ2n) is 35.2. The molecule has 0 radical (unpaired) electrons. The van der Waals surface area contributed by atoms with Crippen LogP contribution in [0.3, 0.4) is 0 Å². The Morgan fingerprint density at radius 2 is 0.699 bits per heavy atom. The molecule has 15 aromatic carbocycles. The summed E-state index contributed by atoms with van der Waals surface area (Å²) in [5.41, 5.74) is 25.3. The number of benzene rings is 15. The molecule has 0 saturated carbocycles. The van der Waals surface area contributed by atoms with E-state index in [-0.39, 0.29) is 43.5 Å². The molecule has 1 unspecified atom stereocenters. The van der Waals surface area contributed by atoms with Crippen molar-refractivity contribution in [2.24, 2.45) is 0 Å². The molecule has 0 fully saturated rings. The van der Waals surface area contributed by atoms with E-state index < -0.39 is 54.3 Å². The van der Waals surface area contributed by atoms with Crippen LogP contribution in [0.25, 0.3) is 138 Å². The van der Waals surface area contributed by atoms with Gasteiger partial charge in [-0.3, -0.25) is 0 Å². The zero-order chi connectivity index (χ0) is 83.8. The number of rotatable bonds is 8. The first-order valence-corrected chi connectivity index (χ1v) is 39.4. The Hall–Kier alpha value is -12.9. The molecule has 6 heterocycles. The van der Waals surface area contributed by atoms with E-state index in [2.05, 4.69) is 357 Å². The molecular weight excluding hydrogens is 1370 g/mol. The van der Waals surface area contributed by atoms with E-state index >= 15 is 0 Å². The van der Waals surface area contributed by atoms with Crippen molar-refractivity contribution >= 4 is 121 Å². The zero-order valence-corrected chi connectivity index (χ0v) is 65.6. The van der Waals surface area contributed by atoms with Gasteiger partial charge in [0.15, 0.2) is 11.2 Å². The van der Waals surface area contributed by atoms with Crippen molar-refractivity contribution in [1.29, 1.82) is 0 Å². The van der Waals surface area contributed by atoms with Gasteiger partial charge < -0.3 is 27.9 Å². The predicted octanol–water partition coefficient (Wildman–Crippen LogP) is 29.8. The van der Waals surface area contributed by atoms with Crippen LogP contribution in [0.15, 0.2) is 320 Å². The number of furan rings is 1. The molecule has 4 aromatic heterocycles. The summed E-state index contributed by atoms with van der Waals surface area (Å²) in [5.74, 6) is -0.539. The molecule has 548 valence electrons. The molecule has 0 bridgehead atoms. The van der Waals surface area contributed by atoms with Crippen LogP contribution in [0.2, 0.25) is 0 Å². The molecule has 19 aromatic rings. The van der Waals surface area contributed by atoms with Gasteiger partial charge in [0.25, 0.3) is 0 Å². The van der Waals surface area contributed by atoms with Crippen molar-refractivity contribution in [2.75, 3.05) is 9.80 Å².